The number of fused-ring (bicyclic) bond motifs is 1. The molecule has 0 amide bonds. The zero-order valence-corrected chi connectivity index (χ0v) is 12.4. The summed E-state index contributed by atoms with van der Waals surface area (Å²) in [5.74, 6) is 0.694. The van der Waals surface area contributed by atoms with Gasteiger partial charge in [0.05, 0.1) is 0 Å². The van der Waals surface area contributed by atoms with Crippen LogP contribution in [0.2, 0.25) is 5.02 Å². The Morgan fingerprint density at radius 1 is 0.773 bits per heavy atom. The standard InChI is InChI=1S/C18H12ClN3/c19-15-10-8-14(9-11-15)17-20-18-16(7-4-12-22(18)21-17)13-5-2-1-3-6-13/h1-12H. The fraction of sp³-hybridized carbons (Fsp3) is 0. The fourth-order valence-electron chi connectivity index (χ4n) is 2.47. The molecule has 2 heterocycles. The Balaban J connectivity index is 1.89. The van der Waals surface area contributed by atoms with Crippen molar-refractivity contribution in [3.8, 4) is 22.5 Å². The van der Waals surface area contributed by atoms with E-state index >= 15 is 0 Å². The van der Waals surface area contributed by atoms with Crippen LogP contribution < -0.4 is 0 Å². The van der Waals surface area contributed by atoms with Crippen LogP contribution in [0.1, 0.15) is 0 Å². The molecule has 0 spiro atoms. The van der Waals surface area contributed by atoms with Crippen LogP contribution in [-0.2, 0) is 0 Å². The smallest absolute Gasteiger partial charge is 0.182 e. The van der Waals surface area contributed by atoms with E-state index in [-0.39, 0.29) is 0 Å². The van der Waals surface area contributed by atoms with Crippen LogP contribution in [-0.4, -0.2) is 14.6 Å². The second kappa shape index (κ2) is 5.28. The molecule has 2 aromatic carbocycles. The van der Waals surface area contributed by atoms with Crippen molar-refractivity contribution < 1.29 is 0 Å². The Labute approximate surface area is 132 Å². The first-order valence-electron chi connectivity index (χ1n) is 6.98. The average molecular weight is 306 g/mol. The lowest BCUT2D eigenvalue weighted by Crippen LogP contribution is -1.89. The fourth-order valence-corrected chi connectivity index (χ4v) is 2.60. The maximum atomic E-state index is 5.94. The Kier molecular flexibility index (Phi) is 3.13. The highest BCUT2D eigenvalue weighted by molar-refractivity contribution is 6.30. The summed E-state index contributed by atoms with van der Waals surface area (Å²) in [5.41, 5.74) is 3.99. The van der Waals surface area contributed by atoms with Crippen LogP contribution in [0, 0.1) is 0 Å². The lowest BCUT2D eigenvalue weighted by Gasteiger charge is -2.01. The normalized spacial score (nSPS) is 11.0. The van der Waals surface area contributed by atoms with Gasteiger partial charge in [0, 0.05) is 22.3 Å². The maximum absolute atomic E-state index is 5.94. The van der Waals surface area contributed by atoms with Crippen LogP contribution in [0.4, 0.5) is 0 Å². The first-order valence-corrected chi connectivity index (χ1v) is 7.36. The van der Waals surface area contributed by atoms with Gasteiger partial charge in [-0.2, -0.15) is 0 Å². The quantitative estimate of drug-likeness (QED) is 0.536. The van der Waals surface area contributed by atoms with Gasteiger partial charge in [0.2, 0.25) is 0 Å². The van der Waals surface area contributed by atoms with E-state index < -0.39 is 0 Å². The Morgan fingerprint density at radius 3 is 2.32 bits per heavy atom. The molecule has 0 unspecified atom stereocenters. The molecule has 0 atom stereocenters. The van der Waals surface area contributed by atoms with Gasteiger partial charge < -0.3 is 0 Å². The molecule has 0 N–H and O–H groups in total. The first-order chi connectivity index (χ1) is 10.8. The molecule has 4 heteroatoms. The van der Waals surface area contributed by atoms with Gasteiger partial charge in [-0.1, -0.05) is 41.9 Å². The largest absolute Gasteiger partial charge is 0.220 e. The Bertz CT molecular complexity index is 928. The number of rotatable bonds is 2. The molecule has 0 radical (unpaired) electrons. The molecule has 4 aromatic rings. The van der Waals surface area contributed by atoms with Gasteiger partial charge in [0.15, 0.2) is 11.5 Å². The minimum absolute atomic E-state index is 0.694. The van der Waals surface area contributed by atoms with Gasteiger partial charge >= 0.3 is 0 Å². The maximum Gasteiger partial charge on any atom is 0.182 e. The molecule has 0 aliphatic rings. The van der Waals surface area contributed by atoms with E-state index in [2.05, 4.69) is 23.3 Å². The number of aromatic nitrogens is 3. The number of hydrogen-bond acceptors (Lipinski definition) is 2. The van der Waals surface area contributed by atoms with Crippen LogP contribution in [0.25, 0.3) is 28.2 Å². The van der Waals surface area contributed by atoms with Gasteiger partial charge in [-0.25, -0.2) is 9.50 Å². The summed E-state index contributed by atoms with van der Waals surface area (Å²) in [4.78, 5) is 4.70. The summed E-state index contributed by atoms with van der Waals surface area (Å²) in [6.07, 6.45) is 1.91. The molecule has 4 rings (SSSR count). The molecule has 0 bridgehead atoms. The number of pyridine rings is 1. The minimum atomic E-state index is 0.694. The summed E-state index contributed by atoms with van der Waals surface area (Å²) in [5, 5.41) is 5.27. The zero-order chi connectivity index (χ0) is 14.9. The first kappa shape index (κ1) is 13.0. The third kappa shape index (κ3) is 2.26. The molecule has 0 saturated heterocycles. The zero-order valence-electron chi connectivity index (χ0n) is 11.6. The predicted octanol–water partition coefficient (Wildman–Crippen LogP) is 4.72. The van der Waals surface area contributed by atoms with Crippen molar-refractivity contribution >= 4 is 17.2 Å². The molecule has 3 nitrogen and oxygen atoms in total. The molecule has 22 heavy (non-hydrogen) atoms. The molecular weight excluding hydrogens is 294 g/mol. The lowest BCUT2D eigenvalue weighted by molar-refractivity contribution is 0.967. The number of hydrogen-bond donors (Lipinski definition) is 0. The van der Waals surface area contributed by atoms with Crippen LogP contribution in [0.5, 0.6) is 0 Å². The van der Waals surface area contributed by atoms with Crippen molar-refractivity contribution in [2.45, 2.75) is 0 Å². The molecule has 0 saturated carbocycles. The number of nitrogens with zero attached hydrogens (tertiary/aromatic N) is 3. The molecule has 0 aliphatic heterocycles. The Hall–Kier alpha value is -2.65. The third-order valence-electron chi connectivity index (χ3n) is 3.55. The molecule has 106 valence electrons. The van der Waals surface area contributed by atoms with Crippen LogP contribution >= 0.6 is 11.6 Å². The number of benzene rings is 2. The van der Waals surface area contributed by atoms with Crippen molar-refractivity contribution in [3.05, 3.63) is 77.9 Å². The summed E-state index contributed by atoms with van der Waals surface area (Å²) < 4.78 is 1.81. The second-order valence-electron chi connectivity index (χ2n) is 5.00. The summed E-state index contributed by atoms with van der Waals surface area (Å²) >= 11 is 5.94. The molecule has 2 aromatic heterocycles. The van der Waals surface area contributed by atoms with Crippen molar-refractivity contribution in [1.29, 1.82) is 0 Å². The molecular formula is C18H12ClN3. The molecule has 0 aliphatic carbocycles. The summed E-state index contributed by atoms with van der Waals surface area (Å²) in [7, 11) is 0. The third-order valence-corrected chi connectivity index (χ3v) is 3.80. The van der Waals surface area contributed by atoms with E-state index in [0.29, 0.717) is 10.8 Å². The second-order valence-corrected chi connectivity index (χ2v) is 5.43. The predicted molar refractivity (Wildman–Crippen MR) is 88.9 cm³/mol. The van der Waals surface area contributed by atoms with E-state index in [0.717, 1.165) is 22.3 Å². The van der Waals surface area contributed by atoms with Crippen LogP contribution in [0.15, 0.2) is 72.9 Å². The van der Waals surface area contributed by atoms with Gasteiger partial charge in [0.25, 0.3) is 0 Å². The molecule has 0 fully saturated rings. The van der Waals surface area contributed by atoms with Crippen molar-refractivity contribution in [2.24, 2.45) is 0 Å². The SMILES string of the molecule is Clc1ccc(-c2nc3c(-c4ccccc4)cccn3n2)cc1. The summed E-state index contributed by atoms with van der Waals surface area (Å²) in [6.45, 7) is 0. The minimum Gasteiger partial charge on any atom is -0.220 e. The highest BCUT2D eigenvalue weighted by Crippen LogP contribution is 2.25. The van der Waals surface area contributed by atoms with E-state index in [9.17, 15) is 0 Å². The van der Waals surface area contributed by atoms with Gasteiger partial charge in [0.1, 0.15) is 0 Å². The monoisotopic (exact) mass is 305 g/mol. The van der Waals surface area contributed by atoms with E-state index in [4.69, 9.17) is 16.6 Å². The van der Waals surface area contributed by atoms with Crippen LogP contribution in [0.3, 0.4) is 0 Å². The van der Waals surface area contributed by atoms with Crippen molar-refractivity contribution in [1.82, 2.24) is 14.6 Å². The Morgan fingerprint density at radius 2 is 1.55 bits per heavy atom. The van der Waals surface area contributed by atoms with Gasteiger partial charge in [-0.3, -0.25) is 0 Å². The highest BCUT2D eigenvalue weighted by Gasteiger charge is 2.10. The highest BCUT2D eigenvalue weighted by atomic mass is 35.5. The van der Waals surface area contributed by atoms with Gasteiger partial charge in [-0.05, 0) is 42.0 Å². The summed E-state index contributed by atoms with van der Waals surface area (Å²) in [6, 6.07) is 21.8. The topological polar surface area (TPSA) is 30.2 Å². The number of halogens is 1. The van der Waals surface area contributed by atoms with Crippen molar-refractivity contribution in [3.63, 3.8) is 0 Å². The van der Waals surface area contributed by atoms with E-state index in [1.807, 2.05) is 59.2 Å². The average Bonchev–Trinajstić information content (AvgIpc) is 3.00. The van der Waals surface area contributed by atoms with E-state index in [1.165, 1.54) is 0 Å². The van der Waals surface area contributed by atoms with E-state index in [1.54, 1.807) is 0 Å². The van der Waals surface area contributed by atoms with Gasteiger partial charge in [-0.15, -0.1) is 5.10 Å². The van der Waals surface area contributed by atoms with Crippen molar-refractivity contribution in [2.75, 3.05) is 0 Å². The lowest BCUT2D eigenvalue weighted by atomic mass is 10.1.